The molecule has 2 unspecified atom stereocenters. The summed E-state index contributed by atoms with van der Waals surface area (Å²) in [5.74, 6) is 0. The van der Waals surface area contributed by atoms with Gasteiger partial charge in [-0.3, -0.25) is 10.9 Å². The molecule has 2 atom stereocenters. The van der Waals surface area contributed by atoms with Gasteiger partial charge in [-0.15, -0.1) is 0 Å². The summed E-state index contributed by atoms with van der Waals surface area (Å²) in [5, 5.41) is 25.9. The molecule has 1 rings (SSSR count). The van der Waals surface area contributed by atoms with Crippen LogP contribution in [0.3, 0.4) is 0 Å². The maximum absolute atomic E-state index is 9.11. The van der Waals surface area contributed by atoms with E-state index in [2.05, 4.69) is 30.5 Å². The summed E-state index contributed by atoms with van der Waals surface area (Å²) in [5.41, 5.74) is 6.28. The topological polar surface area (TPSA) is 108 Å². The summed E-state index contributed by atoms with van der Waals surface area (Å²) >= 11 is 0. The van der Waals surface area contributed by atoms with Gasteiger partial charge in [0.1, 0.15) is 0 Å². The van der Waals surface area contributed by atoms with E-state index in [4.69, 9.17) is 10.2 Å². The molecule has 0 aromatic heterocycles. The van der Waals surface area contributed by atoms with Gasteiger partial charge in [0.05, 0.1) is 12.4 Å². The van der Waals surface area contributed by atoms with Crippen LogP contribution in [0.25, 0.3) is 0 Å². The van der Waals surface area contributed by atoms with Crippen LogP contribution in [0, 0.1) is 0 Å². The number of methoxy groups -OCH3 is 2. The van der Waals surface area contributed by atoms with Crippen molar-refractivity contribution in [1.82, 2.24) is 10.9 Å². The van der Waals surface area contributed by atoms with E-state index in [0.717, 1.165) is 11.1 Å². The highest BCUT2D eigenvalue weighted by Crippen LogP contribution is 2.03. The van der Waals surface area contributed by atoms with E-state index < -0.39 is 12.8 Å². The molecule has 20 heavy (non-hydrogen) atoms. The second kappa shape index (κ2) is 8.99. The average Bonchev–Trinajstić information content (AvgIpc) is 2.48. The molecule has 1 aromatic carbocycles. The molecule has 110 valence electrons. The molecule has 8 heteroatoms. The monoisotopic (exact) mass is 282 g/mol. The van der Waals surface area contributed by atoms with Gasteiger partial charge in [0, 0.05) is 25.3 Å². The molecule has 0 fully saturated rings. The normalized spacial score (nSPS) is 14.6. The van der Waals surface area contributed by atoms with Gasteiger partial charge in [-0.25, -0.2) is 0 Å². The van der Waals surface area contributed by atoms with Crippen LogP contribution in [0.15, 0.2) is 34.5 Å². The summed E-state index contributed by atoms with van der Waals surface area (Å²) in [4.78, 5) is 0. The van der Waals surface area contributed by atoms with Gasteiger partial charge in [-0.05, 0) is 0 Å². The van der Waals surface area contributed by atoms with Crippen LogP contribution in [0.1, 0.15) is 11.1 Å². The zero-order chi connectivity index (χ0) is 14.8. The number of hydrazone groups is 2. The molecule has 0 spiro atoms. The number of nitrogens with one attached hydrogen (secondary N) is 2. The SMILES string of the molecule is COC(O)N/N=C/c1ccccc1/C=N/NC(O)OC. The Balaban J connectivity index is 2.68. The molecule has 0 amide bonds. The van der Waals surface area contributed by atoms with Crippen molar-refractivity contribution in [3.63, 3.8) is 0 Å². The second-order valence-corrected chi connectivity index (χ2v) is 3.58. The van der Waals surface area contributed by atoms with Gasteiger partial charge in [-0.2, -0.15) is 10.2 Å². The quantitative estimate of drug-likeness (QED) is 0.287. The van der Waals surface area contributed by atoms with Crippen molar-refractivity contribution >= 4 is 12.4 Å². The van der Waals surface area contributed by atoms with E-state index in [0.29, 0.717) is 0 Å². The van der Waals surface area contributed by atoms with Crippen LogP contribution in [0.5, 0.6) is 0 Å². The molecule has 1 aromatic rings. The average molecular weight is 282 g/mol. The van der Waals surface area contributed by atoms with E-state index in [1.54, 1.807) is 0 Å². The second-order valence-electron chi connectivity index (χ2n) is 3.58. The predicted octanol–water partition coefficient (Wildman–Crippen LogP) is -0.622. The van der Waals surface area contributed by atoms with Crippen LogP contribution in [0.2, 0.25) is 0 Å². The number of ether oxygens (including phenoxy) is 2. The third-order valence-electron chi connectivity index (χ3n) is 2.22. The number of hydrogen-bond acceptors (Lipinski definition) is 8. The Kier molecular flexibility index (Phi) is 7.22. The highest BCUT2D eigenvalue weighted by Gasteiger charge is 1.99. The van der Waals surface area contributed by atoms with Crippen molar-refractivity contribution < 1.29 is 19.7 Å². The van der Waals surface area contributed by atoms with Gasteiger partial charge in [0.25, 0.3) is 0 Å². The summed E-state index contributed by atoms with van der Waals surface area (Å²) in [6, 6.07) is 7.31. The fourth-order valence-electron chi connectivity index (χ4n) is 1.19. The molecule has 0 aliphatic carbocycles. The molecular formula is C12H18N4O4. The minimum atomic E-state index is -1.16. The summed E-state index contributed by atoms with van der Waals surface area (Å²) in [6.07, 6.45) is 0.698. The van der Waals surface area contributed by atoms with Crippen LogP contribution in [0.4, 0.5) is 0 Å². The zero-order valence-electron chi connectivity index (χ0n) is 11.2. The lowest BCUT2D eigenvalue weighted by atomic mass is 10.1. The first-order valence-electron chi connectivity index (χ1n) is 5.75. The third-order valence-corrected chi connectivity index (χ3v) is 2.22. The predicted molar refractivity (Wildman–Crippen MR) is 73.9 cm³/mol. The standard InChI is InChI=1S/C12H18N4O4/c1-19-11(17)15-13-7-9-5-3-4-6-10(9)8-14-16-12(18)20-2/h3-8,11-12,15-18H,1-2H3/b13-7+,14-8+. The summed E-state index contributed by atoms with van der Waals surface area (Å²) in [7, 11) is 2.70. The van der Waals surface area contributed by atoms with Crippen molar-refractivity contribution in [3.8, 4) is 0 Å². The highest BCUT2D eigenvalue weighted by atomic mass is 16.6. The van der Waals surface area contributed by atoms with Crippen LogP contribution in [-0.2, 0) is 9.47 Å². The number of nitrogens with zero attached hydrogens (tertiary/aromatic N) is 2. The number of aliphatic hydroxyl groups is 2. The number of rotatable bonds is 8. The Morgan fingerprint density at radius 3 is 1.70 bits per heavy atom. The van der Waals surface area contributed by atoms with Crippen LogP contribution < -0.4 is 10.9 Å². The lowest BCUT2D eigenvalue weighted by Crippen LogP contribution is -2.25. The fourth-order valence-corrected chi connectivity index (χ4v) is 1.19. The van der Waals surface area contributed by atoms with Crippen molar-refractivity contribution in [2.24, 2.45) is 10.2 Å². The maximum atomic E-state index is 9.11. The Labute approximate surface area is 116 Å². The first kappa shape index (κ1) is 16.1. The Bertz CT molecular complexity index is 412. The number of hydrogen-bond donors (Lipinski definition) is 4. The van der Waals surface area contributed by atoms with Gasteiger partial charge in [0.15, 0.2) is 0 Å². The Morgan fingerprint density at radius 1 is 0.950 bits per heavy atom. The van der Waals surface area contributed by atoms with Crippen molar-refractivity contribution in [2.75, 3.05) is 14.2 Å². The minimum Gasteiger partial charge on any atom is -0.350 e. The summed E-state index contributed by atoms with van der Waals surface area (Å²) in [6.45, 7) is 0. The van der Waals surface area contributed by atoms with E-state index in [-0.39, 0.29) is 0 Å². The molecular weight excluding hydrogens is 264 g/mol. The van der Waals surface area contributed by atoms with Crippen LogP contribution in [-0.4, -0.2) is 49.7 Å². The van der Waals surface area contributed by atoms with E-state index in [1.165, 1.54) is 26.6 Å². The Morgan fingerprint density at radius 2 is 1.35 bits per heavy atom. The van der Waals surface area contributed by atoms with E-state index >= 15 is 0 Å². The smallest absolute Gasteiger partial charge is 0.250 e. The Hall–Kier alpha value is -2.00. The van der Waals surface area contributed by atoms with Crippen molar-refractivity contribution in [3.05, 3.63) is 35.4 Å². The third kappa shape index (κ3) is 5.76. The van der Waals surface area contributed by atoms with E-state index in [1.807, 2.05) is 24.3 Å². The van der Waals surface area contributed by atoms with Gasteiger partial charge in [-0.1, -0.05) is 24.3 Å². The van der Waals surface area contributed by atoms with Gasteiger partial charge < -0.3 is 19.7 Å². The molecule has 8 nitrogen and oxygen atoms in total. The molecule has 4 N–H and O–H groups in total. The first-order chi connectivity index (χ1) is 9.67. The van der Waals surface area contributed by atoms with E-state index in [9.17, 15) is 0 Å². The molecule has 0 saturated carbocycles. The maximum Gasteiger partial charge on any atom is 0.250 e. The number of benzene rings is 1. The molecule has 0 heterocycles. The van der Waals surface area contributed by atoms with Crippen LogP contribution >= 0.6 is 0 Å². The van der Waals surface area contributed by atoms with Crippen molar-refractivity contribution in [2.45, 2.75) is 12.8 Å². The molecule has 0 bridgehead atoms. The van der Waals surface area contributed by atoms with Crippen molar-refractivity contribution in [1.29, 1.82) is 0 Å². The van der Waals surface area contributed by atoms with Gasteiger partial charge in [0.2, 0.25) is 12.8 Å². The molecule has 0 radical (unpaired) electrons. The fraction of sp³-hybridized carbons (Fsp3) is 0.333. The zero-order valence-corrected chi connectivity index (χ0v) is 11.2. The minimum absolute atomic E-state index is 0.765. The molecule has 0 aliphatic heterocycles. The molecule has 0 saturated heterocycles. The molecule has 0 aliphatic rings. The first-order valence-corrected chi connectivity index (χ1v) is 5.75. The van der Waals surface area contributed by atoms with Gasteiger partial charge >= 0.3 is 0 Å². The summed E-state index contributed by atoms with van der Waals surface area (Å²) < 4.78 is 9.15. The lowest BCUT2D eigenvalue weighted by Gasteiger charge is -2.07. The highest BCUT2D eigenvalue weighted by molar-refractivity contribution is 5.94. The number of aliphatic hydroxyl groups excluding tert-OH is 2. The lowest BCUT2D eigenvalue weighted by molar-refractivity contribution is -0.0963. The largest absolute Gasteiger partial charge is 0.350 e.